The summed E-state index contributed by atoms with van der Waals surface area (Å²) >= 11 is 15.6. The molecule has 0 saturated carbocycles. The molecule has 2 aromatic carbocycles. The highest BCUT2D eigenvalue weighted by Gasteiger charge is 2.16. The zero-order valence-electron chi connectivity index (χ0n) is 9.55. The average Bonchev–Trinajstić information content (AvgIpc) is 2.31. The first kappa shape index (κ1) is 13.9. The van der Waals surface area contributed by atoms with Gasteiger partial charge in [-0.05, 0) is 47.9 Å². The predicted octanol–water partition coefficient (Wildman–Crippen LogP) is 5.93. The van der Waals surface area contributed by atoms with Gasteiger partial charge < -0.3 is 0 Å². The first-order valence-corrected chi connectivity index (χ1v) is 7.01. The normalized spacial score (nSPS) is 12.5. The SMILES string of the molecule is Cc1ccc(F)cc1C(Br)c1ccc(Cl)cc1Cl. The third kappa shape index (κ3) is 2.87. The van der Waals surface area contributed by atoms with E-state index in [1.54, 1.807) is 18.2 Å². The first-order chi connectivity index (χ1) is 8.49. The van der Waals surface area contributed by atoms with E-state index < -0.39 is 0 Å². The molecule has 18 heavy (non-hydrogen) atoms. The lowest BCUT2D eigenvalue weighted by molar-refractivity contribution is 0.625. The fourth-order valence-corrected chi connectivity index (χ4v) is 3.30. The minimum Gasteiger partial charge on any atom is -0.207 e. The number of benzene rings is 2. The minimum absolute atomic E-state index is 0.155. The van der Waals surface area contributed by atoms with E-state index in [1.165, 1.54) is 12.1 Å². The van der Waals surface area contributed by atoms with Crippen molar-refractivity contribution in [3.8, 4) is 0 Å². The maximum Gasteiger partial charge on any atom is 0.123 e. The van der Waals surface area contributed by atoms with Crippen molar-refractivity contribution in [1.82, 2.24) is 0 Å². The smallest absolute Gasteiger partial charge is 0.123 e. The molecule has 0 radical (unpaired) electrons. The van der Waals surface area contributed by atoms with E-state index in [9.17, 15) is 4.39 Å². The van der Waals surface area contributed by atoms with Gasteiger partial charge in [0.1, 0.15) is 5.82 Å². The quantitative estimate of drug-likeness (QED) is 0.591. The van der Waals surface area contributed by atoms with Gasteiger partial charge in [0.2, 0.25) is 0 Å². The summed E-state index contributed by atoms with van der Waals surface area (Å²) in [5.74, 6) is -0.259. The van der Waals surface area contributed by atoms with Crippen LogP contribution in [-0.4, -0.2) is 0 Å². The molecular weight excluding hydrogens is 338 g/mol. The molecule has 0 heterocycles. The molecule has 0 nitrogen and oxygen atoms in total. The fourth-order valence-electron chi connectivity index (χ4n) is 1.76. The van der Waals surface area contributed by atoms with Crippen LogP contribution in [0.1, 0.15) is 21.5 Å². The van der Waals surface area contributed by atoms with Gasteiger partial charge in [0.15, 0.2) is 0 Å². The van der Waals surface area contributed by atoms with Crippen molar-refractivity contribution in [2.24, 2.45) is 0 Å². The summed E-state index contributed by atoms with van der Waals surface area (Å²) in [5.41, 5.74) is 2.73. The summed E-state index contributed by atoms with van der Waals surface area (Å²) < 4.78 is 13.3. The summed E-state index contributed by atoms with van der Waals surface area (Å²) in [5, 5.41) is 1.15. The Hall–Kier alpha value is -0.570. The highest BCUT2D eigenvalue weighted by Crippen LogP contribution is 2.37. The van der Waals surface area contributed by atoms with Crippen molar-refractivity contribution in [1.29, 1.82) is 0 Å². The zero-order chi connectivity index (χ0) is 13.3. The molecule has 0 aliphatic rings. The molecule has 0 aromatic heterocycles. The van der Waals surface area contributed by atoms with Crippen LogP contribution in [0.4, 0.5) is 4.39 Å². The molecule has 0 bridgehead atoms. The molecule has 0 N–H and O–H groups in total. The standard InChI is InChI=1S/C14H10BrCl2F/c1-8-2-4-10(18)7-12(8)14(15)11-5-3-9(16)6-13(11)17/h2-7,14H,1H3. The average molecular weight is 348 g/mol. The maximum absolute atomic E-state index is 13.3. The van der Waals surface area contributed by atoms with E-state index in [4.69, 9.17) is 23.2 Å². The van der Waals surface area contributed by atoms with Crippen LogP contribution in [0.3, 0.4) is 0 Å². The lowest BCUT2D eigenvalue weighted by Crippen LogP contribution is -1.97. The molecular formula is C14H10BrCl2F. The first-order valence-electron chi connectivity index (χ1n) is 5.34. The Balaban J connectivity index is 2.47. The van der Waals surface area contributed by atoms with E-state index in [0.717, 1.165) is 16.7 Å². The van der Waals surface area contributed by atoms with Gasteiger partial charge in [0.05, 0.1) is 4.83 Å². The molecule has 0 fully saturated rings. The molecule has 4 heteroatoms. The second kappa shape index (κ2) is 5.60. The van der Waals surface area contributed by atoms with Crippen LogP contribution < -0.4 is 0 Å². The second-order valence-corrected chi connectivity index (χ2v) is 5.79. The van der Waals surface area contributed by atoms with Crippen molar-refractivity contribution in [3.05, 3.63) is 69.0 Å². The fraction of sp³-hybridized carbons (Fsp3) is 0.143. The number of rotatable bonds is 2. The number of aryl methyl sites for hydroxylation is 1. The summed E-state index contributed by atoms with van der Waals surface area (Å²) in [7, 11) is 0. The van der Waals surface area contributed by atoms with Crippen LogP contribution in [0.2, 0.25) is 10.0 Å². The van der Waals surface area contributed by atoms with Gasteiger partial charge in [-0.1, -0.05) is 51.3 Å². The van der Waals surface area contributed by atoms with Crippen LogP contribution in [0.15, 0.2) is 36.4 Å². The van der Waals surface area contributed by atoms with E-state index in [1.807, 2.05) is 13.0 Å². The van der Waals surface area contributed by atoms with Crippen molar-refractivity contribution >= 4 is 39.1 Å². The number of alkyl halides is 1. The lowest BCUT2D eigenvalue weighted by atomic mass is 10.0. The molecule has 0 aliphatic heterocycles. The molecule has 2 rings (SSSR count). The van der Waals surface area contributed by atoms with Crippen molar-refractivity contribution < 1.29 is 4.39 Å². The zero-order valence-corrected chi connectivity index (χ0v) is 12.7. The van der Waals surface area contributed by atoms with Crippen molar-refractivity contribution in [2.45, 2.75) is 11.8 Å². The van der Waals surface area contributed by atoms with Gasteiger partial charge >= 0.3 is 0 Å². The third-order valence-electron chi connectivity index (χ3n) is 2.75. The van der Waals surface area contributed by atoms with Gasteiger partial charge in [-0.15, -0.1) is 0 Å². The van der Waals surface area contributed by atoms with Crippen LogP contribution in [0.25, 0.3) is 0 Å². The Morgan fingerprint density at radius 1 is 1.06 bits per heavy atom. The third-order valence-corrected chi connectivity index (χ3v) is 4.30. The van der Waals surface area contributed by atoms with Gasteiger partial charge in [-0.3, -0.25) is 0 Å². The molecule has 2 aromatic rings. The van der Waals surface area contributed by atoms with Gasteiger partial charge in [0, 0.05) is 10.0 Å². The molecule has 0 amide bonds. The number of hydrogen-bond donors (Lipinski definition) is 0. The molecule has 94 valence electrons. The van der Waals surface area contributed by atoms with E-state index >= 15 is 0 Å². The number of hydrogen-bond acceptors (Lipinski definition) is 0. The van der Waals surface area contributed by atoms with Crippen LogP contribution in [-0.2, 0) is 0 Å². The Morgan fingerprint density at radius 3 is 2.44 bits per heavy atom. The van der Waals surface area contributed by atoms with Gasteiger partial charge in [0.25, 0.3) is 0 Å². The van der Waals surface area contributed by atoms with Crippen molar-refractivity contribution in [3.63, 3.8) is 0 Å². The van der Waals surface area contributed by atoms with Crippen LogP contribution >= 0.6 is 39.1 Å². The molecule has 0 aliphatic carbocycles. The lowest BCUT2D eigenvalue weighted by Gasteiger charge is -2.15. The van der Waals surface area contributed by atoms with Gasteiger partial charge in [-0.2, -0.15) is 0 Å². The molecule has 1 atom stereocenters. The summed E-state index contributed by atoms with van der Waals surface area (Å²) in [6, 6.07) is 10.0. The van der Waals surface area contributed by atoms with Crippen LogP contribution in [0, 0.1) is 12.7 Å². The topological polar surface area (TPSA) is 0 Å². The summed E-state index contributed by atoms with van der Waals surface area (Å²) in [6.45, 7) is 1.94. The highest BCUT2D eigenvalue weighted by molar-refractivity contribution is 9.09. The monoisotopic (exact) mass is 346 g/mol. The largest absolute Gasteiger partial charge is 0.207 e. The Bertz CT molecular complexity index is 584. The van der Waals surface area contributed by atoms with Crippen LogP contribution in [0.5, 0.6) is 0 Å². The summed E-state index contributed by atoms with van der Waals surface area (Å²) in [6.07, 6.45) is 0. The Labute approximate surface area is 124 Å². The van der Waals surface area contributed by atoms with Gasteiger partial charge in [-0.25, -0.2) is 4.39 Å². The highest BCUT2D eigenvalue weighted by atomic mass is 79.9. The second-order valence-electron chi connectivity index (χ2n) is 4.03. The Kier molecular flexibility index (Phi) is 4.31. The predicted molar refractivity (Wildman–Crippen MR) is 78.4 cm³/mol. The maximum atomic E-state index is 13.3. The Morgan fingerprint density at radius 2 is 1.78 bits per heavy atom. The van der Waals surface area contributed by atoms with E-state index in [0.29, 0.717) is 10.0 Å². The minimum atomic E-state index is -0.259. The molecule has 0 saturated heterocycles. The molecule has 0 spiro atoms. The van der Waals surface area contributed by atoms with E-state index in [2.05, 4.69) is 15.9 Å². The number of halogens is 4. The molecule has 1 unspecified atom stereocenters. The van der Waals surface area contributed by atoms with E-state index in [-0.39, 0.29) is 10.6 Å². The summed E-state index contributed by atoms with van der Waals surface area (Å²) in [4.78, 5) is -0.155. The van der Waals surface area contributed by atoms with Crippen molar-refractivity contribution in [2.75, 3.05) is 0 Å².